The van der Waals surface area contributed by atoms with Gasteiger partial charge < -0.3 is 5.32 Å². The first-order chi connectivity index (χ1) is 14.5. The fraction of sp³-hybridized carbons (Fsp3) is 0.375. The van der Waals surface area contributed by atoms with E-state index in [0.717, 1.165) is 12.1 Å². The van der Waals surface area contributed by atoms with Gasteiger partial charge in [-0.1, -0.05) is 63.2 Å². The maximum absolute atomic E-state index is 12.9. The van der Waals surface area contributed by atoms with Crippen molar-refractivity contribution in [1.29, 1.82) is 0 Å². The summed E-state index contributed by atoms with van der Waals surface area (Å²) in [7, 11) is 0. The predicted molar refractivity (Wildman–Crippen MR) is 125 cm³/mol. The smallest absolute Gasteiger partial charge is 0.262 e. The number of carbonyl (C=O) groups is 1. The SMILES string of the molecule is CCCCc1ccc(NC(=O)CSc2nc3ccccc3c(=O)n2CC(C)C)cc1. The van der Waals surface area contributed by atoms with E-state index in [-0.39, 0.29) is 17.2 Å². The number of amides is 1. The van der Waals surface area contributed by atoms with Crippen molar-refractivity contribution < 1.29 is 4.79 Å². The summed E-state index contributed by atoms with van der Waals surface area (Å²) in [6, 6.07) is 15.3. The van der Waals surface area contributed by atoms with Crippen LogP contribution in [0.3, 0.4) is 0 Å². The van der Waals surface area contributed by atoms with Gasteiger partial charge in [-0.15, -0.1) is 0 Å². The van der Waals surface area contributed by atoms with E-state index in [1.807, 2.05) is 30.3 Å². The number of nitrogens with one attached hydrogen (secondary N) is 1. The number of aryl methyl sites for hydroxylation is 1. The summed E-state index contributed by atoms with van der Waals surface area (Å²) in [4.78, 5) is 30.1. The number of rotatable bonds is 9. The third-order valence-corrected chi connectivity index (χ3v) is 5.74. The lowest BCUT2D eigenvalue weighted by molar-refractivity contribution is -0.113. The molecule has 1 heterocycles. The van der Waals surface area contributed by atoms with Gasteiger partial charge in [-0.05, 0) is 48.6 Å². The van der Waals surface area contributed by atoms with Crippen LogP contribution in [0.5, 0.6) is 0 Å². The normalized spacial score (nSPS) is 11.2. The molecule has 0 fully saturated rings. The molecule has 0 bridgehead atoms. The van der Waals surface area contributed by atoms with Gasteiger partial charge in [0.05, 0.1) is 16.7 Å². The molecule has 3 rings (SSSR count). The fourth-order valence-electron chi connectivity index (χ4n) is 3.25. The Morgan fingerprint density at radius 1 is 1.13 bits per heavy atom. The average molecular weight is 424 g/mol. The van der Waals surface area contributed by atoms with Gasteiger partial charge >= 0.3 is 0 Å². The van der Waals surface area contributed by atoms with Crippen molar-refractivity contribution in [2.75, 3.05) is 11.1 Å². The molecule has 0 unspecified atom stereocenters. The molecular weight excluding hydrogens is 394 g/mol. The van der Waals surface area contributed by atoms with Crippen LogP contribution in [0.4, 0.5) is 5.69 Å². The fourth-order valence-corrected chi connectivity index (χ4v) is 4.06. The second kappa shape index (κ2) is 10.4. The first-order valence-electron chi connectivity index (χ1n) is 10.5. The van der Waals surface area contributed by atoms with Gasteiger partial charge in [0.15, 0.2) is 5.16 Å². The molecule has 0 atom stereocenters. The van der Waals surface area contributed by atoms with E-state index < -0.39 is 0 Å². The van der Waals surface area contributed by atoms with Gasteiger partial charge in [0.25, 0.3) is 5.56 Å². The number of thioether (sulfide) groups is 1. The third-order valence-electron chi connectivity index (χ3n) is 4.76. The van der Waals surface area contributed by atoms with Gasteiger partial charge in [0, 0.05) is 12.2 Å². The van der Waals surface area contributed by atoms with Crippen LogP contribution >= 0.6 is 11.8 Å². The van der Waals surface area contributed by atoms with Crippen molar-refractivity contribution in [3.05, 3.63) is 64.4 Å². The minimum atomic E-state index is -0.111. The van der Waals surface area contributed by atoms with E-state index in [1.54, 1.807) is 10.6 Å². The van der Waals surface area contributed by atoms with E-state index >= 15 is 0 Å². The van der Waals surface area contributed by atoms with E-state index in [4.69, 9.17) is 0 Å². The van der Waals surface area contributed by atoms with Crippen molar-refractivity contribution in [2.24, 2.45) is 5.92 Å². The van der Waals surface area contributed by atoms with E-state index in [9.17, 15) is 9.59 Å². The molecule has 3 aromatic rings. The van der Waals surface area contributed by atoms with Crippen molar-refractivity contribution in [1.82, 2.24) is 9.55 Å². The van der Waals surface area contributed by atoms with Crippen LogP contribution < -0.4 is 10.9 Å². The van der Waals surface area contributed by atoms with Crippen LogP contribution in [-0.2, 0) is 17.8 Å². The summed E-state index contributed by atoms with van der Waals surface area (Å²) in [6.45, 7) is 6.87. The van der Waals surface area contributed by atoms with Crippen LogP contribution in [0.15, 0.2) is 58.5 Å². The molecule has 0 aliphatic carbocycles. The topological polar surface area (TPSA) is 64.0 Å². The highest BCUT2D eigenvalue weighted by Crippen LogP contribution is 2.20. The van der Waals surface area contributed by atoms with E-state index in [2.05, 4.69) is 43.2 Å². The molecule has 0 aliphatic heterocycles. The number of aromatic nitrogens is 2. The zero-order valence-electron chi connectivity index (χ0n) is 17.9. The lowest BCUT2D eigenvalue weighted by Gasteiger charge is -2.15. The molecule has 6 heteroatoms. The first-order valence-corrected chi connectivity index (χ1v) is 11.5. The maximum Gasteiger partial charge on any atom is 0.262 e. The highest BCUT2D eigenvalue weighted by atomic mass is 32.2. The first kappa shape index (κ1) is 22.1. The largest absolute Gasteiger partial charge is 0.325 e. The third kappa shape index (κ3) is 5.72. The van der Waals surface area contributed by atoms with Crippen LogP contribution in [0, 0.1) is 5.92 Å². The zero-order valence-corrected chi connectivity index (χ0v) is 18.7. The lowest BCUT2D eigenvalue weighted by atomic mass is 10.1. The Morgan fingerprint density at radius 3 is 2.57 bits per heavy atom. The molecule has 1 aromatic heterocycles. The van der Waals surface area contributed by atoms with Gasteiger partial charge in [-0.3, -0.25) is 14.2 Å². The summed E-state index contributed by atoms with van der Waals surface area (Å²) in [5, 5.41) is 4.12. The van der Waals surface area contributed by atoms with Crippen molar-refractivity contribution >= 4 is 34.3 Å². The van der Waals surface area contributed by atoms with Gasteiger partial charge in [-0.2, -0.15) is 0 Å². The van der Waals surface area contributed by atoms with Crippen LogP contribution in [0.25, 0.3) is 10.9 Å². The molecule has 5 nitrogen and oxygen atoms in total. The quantitative estimate of drug-likeness (QED) is 0.383. The Bertz CT molecular complexity index is 1060. The Balaban J connectivity index is 1.71. The number of benzene rings is 2. The predicted octanol–water partition coefficient (Wildman–Crippen LogP) is 5.13. The number of para-hydroxylation sites is 1. The summed E-state index contributed by atoms with van der Waals surface area (Å²) >= 11 is 1.30. The monoisotopic (exact) mass is 423 g/mol. The molecule has 1 amide bonds. The van der Waals surface area contributed by atoms with Gasteiger partial charge in [0.1, 0.15) is 0 Å². The molecule has 0 saturated carbocycles. The Kier molecular flexibility index (Phi) is 7.69. The number of fused-ring (bicyclic) bond motifs is 1. The summed E-state index contributed by atoms with van der Waals surface area (Å²) in [5.74, 6) is 0.380. The highest BCUT2D eigenvalue weighted by molar-refractivity contribution is 7.99. The Hall–Kier alpha value is -2.60. The van der Waals surface area contributed by atoms with Crippen molar-refractivity contribution in [3.8, 4) is 0 Å². The average Bonchev–Trinajstić information content (AvgIpc) is 2.74. The second-order valence-corrected chi connectivity index (χ2v) is 8.80. The molecule has 0 radical (unpaired) electrons. The van der Waals surface area contributed by atoms with Gasteiger partial charge in [-0.25, -0.2) is 4.98 Å². The molecular formula is C24H29N3O2S. The lowest BCUT2D eigenvalue weighted by Crippen LogP contribution is -2.26. The van der Waals surface area contributed by atoms with E-state index in [1.165, 1.54) is 30.2 Å². The summed E-state index contributed by atoms with van der Waals surface area (Å²) in [5.41, 5.74) is 2.67. The molecule has 158 valence electrons. The van der Waals surface area contributed by atoms with Crippen LogP contribution in [0.1, 0.15) is 39.2 Å². The van der Waals surface area contributed by atoms with Crippen molar-refractivity contribution in [3.63, 3.8) is 0 Å². The summed E-state index contributed by atoms with van der Waals surface area (Å²) < 4.78 is 1.69. The maximum atomic E-state index is 12.9. The minimum absolute atomic E-state index is 0.0557. The molecule has 0 saturated heterocycles. The van der Waals surface area contributed by atoms with E-state index in [0.29, 0.717) is 28.5 Å². The number of nitrogens with zero attached hydrogens (tertiary/aromatic N) is 2. The summed E-state index contributed by atoms with van der Waals surface area (Å²) in [6.07, 6.45) is 3.39. The van der Waals surface area contributed by atoms with Crippen LogP contribution in [-0.4, -0.2) is 21.2 Å². The molecule has 30 heavy (non-hydrogen) atoms. The molecule has 0 aliphatic rings. The Labute approximate surface area is 181 Å². The molecule has 2 aromatic carbocycles. The van der Waals surface area contributed by atoms with Crippen LogP contribution in [0.2, 0.25) is 0 Å². The number of unbranched alkanes of at least 4 members (excludes halogenated alkanes) is 1. The number of hydrogen-bond donors (Lipinski definition) is 1. The number of anilines is 1. The Morgan fingerprint density at radius 2 is 1.87 bits per heavy atom. The zero-order chi connectivity index (χ0) is 21.5. The van der Waals surface area contributed by atoms with Gasteiger partial charge in [0.2, 0.25) is 5.91 Å². The number of hydrogen-bond acceptors (Lipinski definition) is 4. The highest BCUT2D eigenvalue weighted by Gasteiger charge is 2.14. The molecule has 1 N–H and O–H groups in total. The standard InChI is InChI=1S/C24H29N3O2S/c1-4-5-8-18-11-13-19(14-12-18)25-22(28)16-30-24-26-21-10-7-6-9-20(21)23(29)27(24)15-17(2)3/h6-7,9-14,17H,4-5,8,15-16H2,1-3H3,(H,25,28). The minimum Gasteiger partial charge on any atom is -0.325 e. The van der Waals surface area contributed by atoms with Crippen molar-refractivity contribution in [2.45, 2.75) is 51.7 Å². The second-order valence-electron chi connectivity index (χ2n) is 7.86. The molecule has 0 spiro atoms. The number of carbonyl (C=O) groups excluding carboxylic acids is 1.